The standard InChI is InChI=1S/C26H24ClNO2/c1-26(2)19-9-4-5-10-21(19)28(3)24(26)12-11-16-7-6-8-17-13-18-14-20(27)22(29)15-23(18)30-25(16)17/h4-5,9-15H,6-8H2,1-3H3. The van der Waals surface area contributed by atoms with Crippen LogP contribution >= 0.6 is 11.6 Å². The van der Waals surface area contributed by atoms with Gasteiger partial charge in [-0.05, 0) is 60.2 Å². The Labute approximate surface area is 181 Å². The second kappa shape index (κ2) is 6.88. The van der Waals surface area contributed by atoms with Gasteiger partial charge in [-0.2, -0.15) is 0 Å². The van der Waals surface area contributed by atoms with Gasteiger partial charge in [0.1, 0.15) is 11.5 Å². The van der Waals surface area contributed by atoms with Crippen molar-refractivity contribution in [1.29, 1.82) is 0 Å². The number of para-hydroxylation sites is 1. The van der Waals surface area contributed by atoms with Crippen LogP contribution in [0.25, 0.3) is 16.9 Å². The van der Waals surface area contributed by atoms with E-state index in [1.54, 1.807) is 6.07 Å². The lowest BCUT2D eigenvalue weighted by molar-refractivity contribution is 0.526. The quantitative estimate of drug-likeness (QED) is 0.457. The fourth-order valence-electron chi connectivity index (χ4n) is 4.86. The molecule has 2 aliphatic heterocycles. The molecule has 4 aliphatic rings. The Balaban J connectivity index is 1.60. The van der Waals surface area contributed by atoms with Gasteiger partial charge in [-0.3, -0.25) is 4.79 Å². The van der Waals surface area contributed by atoms with Gasteiger partial charge in [-0.15, -0.1) is 0 Å². The molecular formula is C26H24ClNO2. The number of hydrogen-bond donors (Lipinski definition) is 0. The first kappa shape index (κ1) is 19.2. The highest BCUT2D eigenvalue weighted by molar-refractivity contribution is 6.30. The third-order valence-electron chi connectivity index (χ3n) is 6.46. The zero-order valence-electron chi connectivity index (χ0n) is 17.5. The SMILES string of the molecule is CN1C(=CC=C2CCCc3cc4cc(Cl)c(=O)cc-4oc32)C(C)(C)c2ccccc21. The predicted octanol–water partition coefficient (Wildman–Crippen LogP) is 6.43. The maximum Gasteiger partial charge on any atom is 0.200 e. The second-order valence-corrected chi connectivity index (χ2v) is 9.13. The van der Waals surface area contributed by atoms with Crippen molar-refractivity contribution >= 4 is 22.9 Å². The Morgan fingerprint density at radius 1 is 1.10 bits per heavy atom. The number of benzene rings is 2. The molecule has 4 heteroatoms. The van der Waals surface area contributed by atoms with Crippen LogP contribution < -0.4 is 10.3 Å². The number of rotatable bonds is 1. The largest absolute Gasteiger partial charge is 0.456 e. The monoisotopic (exact) mass is 417 g/mol. The summed E-state index contributed by atoms with van der Waals surface area (Å²) < 4.78 is 6.22. The van der Waals surface area contributed by atoms with Crippen molar-refractivity contribution in [3.05, 3.63) is 92.4 Å². The van der Waals surface area contributed by atoms with Gasteiger partial charge in [0, 0.05) is 35.5 Å². The van der Waals surface area contributed by atoms with E-state index in [9.17, 15) is 4.79 Å². The Morgan fingerprint density at radius 3 is 2.70 bits per heavy atom. The molecule has 2 heterocycles. The molecule has 0 unspecified atom stereocenters. The number of hydrogen-bond acceptors (Lipinski definition) is 3. The van der Waals surface area contributed by atoms with Crippen LogP contribution in [0.2, 0.25) is 5.02 Å². The van der Waals surface area contributed by atoms with E-state index in [2.05, 4.69) is 68.3 Å². The first-order valence-electron chi connectivity index (χ1n) is 10.4. The van der Waals surface area contributed by atoms with Crippen LogP contribution in [0.5, 0.6) is 0 Å². The van der Waals surface area contributed by atoms with Gasteiger partial charge in [-0.1, -0.05) is 49.7 Å². The molecule has 1 aromatic carbocycles. The fraction of sp³-hybridized carbons (Fsp3) is 0.269. The third kappa shape index (κ3) is 2.92. The Kier molecular flexibility index (Phi) is 4.41. The van der Waals surface area contributed by atoms with E-state index in [1.807, 2.05) is 0 Å². The van der Waals surface area contributed by atoms with E-state index < -0.39 is 0 Å². The lowest BCUT2D eigenvalue weighted by Crippen LogP contribution is -2.22. The van der Waals surface area contributed by atoms with Crippen LogP contribution in [0.3, 0.4) is 0 Å². The van der Waals surface area contributed by atoms with Crippen LogP contribution in [0.4, 0.5) is 5.69 Å². The summed E-state index contributed by atoms with van der Waals surface area (Å²) in [6.45, 7) is 4.54. The molecule has 1 aromatic rings. The zero-order valence-corrected chi connectivity index (χ0v) is 18.2. The molecule has 0 aromatic heterocycles. The van der Waals surface area contributed by atoms with Crippen molar-refractivity contribution in [2.45, 2.75) is 38.5 Å². The number of halogens is 1. The topological polar surface area (TPSA) is 33.5 Å². The van der Waals surface area contributed by atoms with Gasteiger partial charge in [0.25, 0.3) is 0 Å². The maximum absolute atomic E-state index is 12.0. The smallest absolute Gasteiger partial charge is 0.200 e. The summed E-state index contributed by atoms with van der Waals surface area (Å²) in [6, 6.07) is 13.9. The van der Waals surface area contributed by atoms with E-state index in [0.717, 1.165) is 30.6 Å². The number of anilines is 1. The average Bonchev–Trinajstić information content (AvgIpc) is 2.92. The van der Waals surface area contributed by atoms with Gasteiger partial charge < -0.3 is 9.32 Å². The lowest BCUT2D eigenvalue weighted by atomic mass is 9.83. The second-order valence-electron chi connectivity index (χ2n) is 8.72. The van der Waals surface area contributed by atoms with Gasteiger partial charge in [-0.25, -0.2) is 0 Å². The Morgan fingerprint density at radius 2 is 1.90 bits per heavy atom. The van der Waals surface area contributed by atoms with Gasteiger partial charge >= 0.3 is 0 Å². The number of nitrogens with zero attached hydrogens (tertiary/aromatic N) is 1. The zero-order chi connectivity index (χ0) is 21.0. The van der Waals surface area contributed by atoms with Gasteiger partial charge in [0.05, 0.1) is 5.02 Å². The molecular weight excluding hydrogens is 394 g/mol. The molecule has 0 saturated heterocycles. The van der Waals surface area contributed by atoms with Crippen LogP contribution in [0.15, 0.2) is 69.5 Å². The molecule has 0 amide bonds. The highest BCUT2D eigenvalue weighted by Gasteiger charge is 2.37. The van der Waals surface area contributed by atoms with Crippen molar-refractivity contribution in [3.63, 3.8) is 0 Å². The summed E-state index contributed by atoms with van der Waals surface area (Å²) in [5.74, 6) is 1.48. The first-order valence-corrected chi connectivity index (χ1v) is 10.8. The summed E-state index contributed by atoms with van der Waals surface area (Å²) in [5.41, 5.74) is 6.83. The number of fused-ring (bicyclic) bond motifs is 3. The molecule has 152 valence electrons. The third-order valence-corrected chi connectivity index (χ3v) is 6.76. The normalized spacial score (nSPS) is 20.1. The van der Waals surface area contributed by atoms with Crippen molar-refractivity contribution in [2.24, 2.45) is 0 Å². The molecule has 0 spiro atoms. The Bertz CT molecular complexity index is 1250. The summed E-state index contributed by atoms with van der Waals surface area (Å²) in [6.07, 6.45) is 7.43. The predicted molar refractivity (Wildman–Crippen MR) is 123 cm³/mol. The number of likely N-dealkylation sites (N-methyl/N-ethyl adjacent to an activating group) is 1. The van der Waals surface area contributed by atoms with E-state index in [-0.39, 0.29) is 15.9 Å². The lowest BCUT2D eigenvalue weighted by Gasteiger charge is -2.24. The summed E-state index contributed by atoms with van der Waals surface area (Å²) >= 11 is 6.02. The molecule has 3 nitrogen and oxygen atoms in total. The van der Waals surface area contributed by atoms with E-state index in [0.29, 0.717) is 5.76 Å². The Hall–Kier alpha value is -2.78. The molecule has 2 aliphatic carbocycles. The minimum Gasteiger partial charge on any atom is -0.456 e. The molecule has 0 saturated carbocycles. The van der Waals surface area contributed by atoms with Gasteiger partial charge in [0.2, 0.25) is 5.43 Å². The average molecular weight is 418 g/mol. The minimum absolute atomic E-state index is 0.0609. The van der Waals surface area contributed by atoms with Crippen molar-refractivity contribution in [1.82, 2.24) is 0 Å². The molecule has 0 N–H and O–H groups in total. The highest BCUT2D eigenvalue weighted by Crippen LogP contribution is 2.47. The highest BCUT2D eigenvalue weighted by atomic mass is 35.5. The number of allylic oxidation sites excluding steroid dienone is 4. The summed E-state index contributed by atoms with van der Waals surface area (Å²) in [7, 11) is 2.13. The molecule has 0 radical (unpaired) electrons. The first-order chi connectivity index (χ1) is 14.4. The summed E-state index contributed by atoms with van der Waals surface area (Å²) in [5, 5.41) is 0.236. The van der Waals surface area contributed by atoms with E-state index in [1.165, 1.54) is 34.2 Å². The van der Waals surface area contributed by atoms with E-state index in [4.69, 9.17) is 16.0 Å². The minimum atomic E-state index is -0.205. The molecule has 0 fully saturated rings. The van der Waals surface area contributed by atoms with Gasteiger partial charge in [0.15, 0.2) is 0 Å². The molecule has 30 heavy (non-hydrogen) atoms. The van der Waals surface area contributed by atoms with Crippen molar-refractivity contribution < 1.29 is 4.42 Å². The van der Waals surface area contributed by atoms with Crippen LogP contribution in [0, 0.1) is 0 Å². The molecule has 0 bridgehead atoms. The molecule has 5 rings (SSSR count). The fourth-order valence-corrected chi connectivity index (χ4v) is 5.03. The molecule has 0 atom stereocenters. The van der Waals surface area contributed by atoms with Crippen LogP contribution in [-0.4, -0.2) is 7.05 Å². The van der Waals surface area contributed by atoms with Crippen LogP contribution in [-0.2, 0) is 11.8 Å². The van der Waals surface area contributed by atoms with E-state index >= 15 is 0 Å². The maximum atomic E-state index is 12.0. The van der Waals surface area contributed by atoms with Crippen molar-refractivity contribution in [2.75, 3.05) is 11.9 Å². The summed E-state index contributed by atoms with van der Waals surface area (Å²) in [4.78, 5) is 14.3. The van der Waals surface area contributed by atoms with Crippen LogP contribution in [0.1, 0.15) is 43.6 Å². The van der Waals surface area contributed by atoms with Crippen molar-refractivity contribution in [3.8, 4) is 11.3 Å². The number of aryl methyl sites for hydroxylation is 1.